The third kappa shape index (κ3) is 5.69. The quantitative estimate of drug-likeness (QED) is 0.162. The standard InChI is InChI=1S/C29H26F6O4/c1-3-37-20-12-9-17(23(30)26(20)33)15-5-7-16(8-6-15)18-10-14-22(28(35)24(18)31)39-29(36)19-11-13-21(38-4-2)27(34)25(19)32/h9-16H,3-8H2,1-2H3. The van der Waals surface area contributed by atoms with Gasteiger partial charge in [-0.1, -0.05) is 12.1 Å². The van der Waals surface area contributed by atoms with Crippen molar-refractivity contribution in [1.29, 1.82) is 0 Å². The van der Waals surface area contributed by atoms with E-state index in [9.17, 15) is 31.1 Å². The first-order chi connectivity index (χ1) is 18.7. The lowest BCUT2D eigenvalue weighted by Gasteiger charge is -2.30. The maximum Gasteiger partial charge on any atom is 0.346 e. The molecular weight excluding hydrogens is 526 g/mol. The van der Waals surface area contributed by atoms with Crippen LogP contribution in [0.5, 0.6) is 17.2 Å². The molecule has 3 aromatic carbocycles. The third-order valence-corrected chi connectivity index (χ3v) is 6.83. The van der Waals surface area contributed by atoms with Crippen molar-refractivity contribution in [1.82, 2.24) is 0 Å². The minimum Gasteiger partial charge on any atom is -0.491 e. The van der Waals surface area contributed by atoms with Crippen molar-refractivity contribution in [3.05, 3.63) is 88.0 Å². The smallest absolute Gasteiger partial charge is 0.346 e. The molecule has 0 N–H and O–H groups in total. The number of hydrogen-bond donors (Lipinski definition) is 0. The van der Waals surface area contributed by atoms with Gasteiger partial charge in [-0.05, 0) is 86.8 Å². The Labute approximate surface area is 221 Å². The maximum atomic E-state index is 15.0. The summed E-state index contributed by atoms with van der Waals surface area (Å²) in [6, 6.07) is 7.12. The summed E-state index contributed by atoms with van der Waals surface area (Å²) in [4.78, 5) is 12.4. The van der Waals surface area contributed by atoms with Crippen LogP contribution in [0.2, 0.25) is 0 Å². The molecule has 39 heavy (non-hydrogen) atoms. The number of carbonyl (C=O) groups excluding carboxylic acids is 1. The first-order valence-electron chi connectivity index (χ1n) is 12.6. The summed E-state index contributed by atoms with van der Waals surface area (Å²) in [5.41, 5.74) is -0.556. The molecule has 0 radical (unpaired) electrons. The molecule has 0 aliphatic heterocycles. The van der Waals surface area contributed by atoms with Gasteiger partial charge in [-0.25, -0.2) is 18.0 Å². The second kappa shape index (κ2) is 12.0. The fourth-order valence-corrected chi connectivity index (χ4v) is 4.90. The van der Waals surface area contributed by atoms with E-state index in [0.29, 0.717) is 25.7 Å². The van der Waals surface area contributed by atoms with Crippen molar-refractivity contribution in [2.75, 3.05) is 13.2 Å². The zero-order valence-electron chi connectivity index (χ0n) is 21.3. The van der Waals surface area contributed by atoms with Gasteiger partial charge in [0.15, 0.2) is 34.7 Å². The molecule has 0 amide bonds. The number of esters is 1. The molecular formula is C29H26F6O4. The van der Waals surface area contributed by atoms with E-state index in [1.807, 2.05) is 0 Å². The van der Waals surface area contributed by atoms with E-state index in [1.165, 1.54) is 18.2 Å². The van der Waals surface area contributed by atoms with Crippen LogP contribution in [0, 0.1) is 34.9 Å². The summed E-state index contributed by atoms with van der Waals surface area (Å²) >= 11 is 0. The summed E-state index contributed by atoms with van der Waals surface area (Å²) in [6.45, 7) is 3.48. The lowest BCUT2D eigenvalue weighted by Crippen LogP contribution is -2.16. The normalized spacial score (nSPS) is 17.1. The summed E-state index contributed by atoms with van der Waals surface area (Å²) in [7, 11) is 0. The van der Waals surface area contributed by atoms with Crippen LogP contribution in [0.25, 0.3) is 0 Å². The van der Waals surface area contributed by atoms with Gasteiger partial charge in [0.25, 0.3) is 0 Å². The molecule has 0 spiro atoms. The monoisotopic (exact) mass is 552 g/mol. The Morgan fingerprint density at radius 2 is 1.03 bits per heavy atom. The molecule has 208 valence electrons. The van der Waals surface area contributed by atoms with E-state index in [2.05, 4.69) is 0 Å². The second-order valence-electron chi connectivity index (χ2n) is 9.11. The Morgan fingerprint density at radius 3 is 1.51 bits per heavy atom. The van der Waals surface area contributed by atoms with Gasteiger partial charge < -0.3 is 14.2 Å². The van der Waals surface area contributed by atoms with Crippen LogP contribution in [-0.2, 0) is 0 Å². The molecule has 0 saturated heterocycles. The number of benzene rings is 3. The number of carbonyl (C=O) groups is 1. The second-order valence-corrected chi connectivity index (χ2v) is 9.11. The molecule has 0 atom stereocenters. The van der Waals surface area contributed by atoms with Crippen molar-refractivity contribution in [3.63, 3.8) is 0 Å². The average molecular weight is 553 g/mol. The molecule has 0 bridgehead atoms. The Balaban J connectivity index is 1.46. The van der Waals surface area contributed by atoms with E-state index >= 15 is 0 Å². The van der Waals surface area contributed by atoms with Crippen molar-refractivity contribution in [2.24, 2.45) is 0 Å². The van der Waals surface area contributed by atoms with Gasteiger partial charge in [-0.2, -0.15) is 13.2 Å². The van der Waals surface area contributed by atoms with E-state index in [1.54, 1.807) is 13.8 Å². The first-order valence-corrected chi connectivity index (χ1v) is 12.6. The van der Waals surface area contributed by atoms with Crippen molar-refractivity contribution in [3.8, 4) is 17.2 Å². The maximum absolute atomic E-state index is 15.0. The lowest BCUT2D eigenvalue weighted by molar-refractivity contribution is 0.0720. The molecule has 4 nitrogen and oxygen atoms in total. The third-order valence-electron chi connectivity index (χ3n) is 6.83. The Morgan fingerprint density at radius 1 is 0.615 bits per heavy atom. The van der Waals surface area contributed by atoms with Gasteiger partial charge in [-0.3, -0.25) is 0 Å². The molecule has 1 saturated carbocycles. The molecule has 0 heterocycles. The van der Waals surface area contributed by atoms with Crippen molar-refractivity contribution < 1.29 is 45.3 Å². The topological polar surface area (TPSA) is 44.8 Å². The summed E-state index contributed by atoms with van der Waals surface area (Å²) < 4.78 is 102. The van der Waals surface area contributed by atoms with Crippen molar-refractivity contribution in [2.45, 2.75) is 51.4 Å². The van der Waals surface area contributed by atoms with Crippen LogP contribution in [0.4, 0.5) is 26.3 Å². The largest absolute Gasteiger partial charge is 0.491 e. The van der Waals surface area contributed by atoms with Crippen molar-refractivity contribution >= 4 is 5.97 Å². The minimum absolute atomic E-state index is 0.0439. The average Bonchev–Trinajstić information content (AvgIpc) is 2.93. The van der Waals surface area contributed by atoms with Gasteiger partial charge in [0.05, 0.1) is 18.8 Å². The van der Waals surface area contributed by atoms with Gasteiger partial charge in [0.1, 0.15) is 0 Å². The predicted molar refractivity (Wildman–Crippen MR) is 130 cm³/mol. The molecule has 1 fully saturated rings. The number of hydrogen-bond acceptors (Lipinski definition) is 4. The predicted octanol–water partition coefficient (Wildman–Crippen LogP) is 7.98. The van der Waals surface area contributed by atoms with Crippen LogP contribution in [0.3, 0.4) is 0 Å². The molecule has 4 rings (SSSR count). The van der Waals surface area contributed by atoms with Crippen LogP contribution in [0.15, 0.2) is 36.4 Å². The van der Waals surface area contributed by atoms with Crippen LogP contribution in [0.1, 0.15) is 72.9 Å². The fraction of sp³-hybridized carbons (Fsp3) is 0.345. The highest BCUT2D eigenvalue weighted by molar-refractivity contribution is 5.91. The summed E-state index contributed by atoms with van der Waals surface area (Å²) in [5.74, 6) is -11.1. The zero-order chi connectivity index (χ0) is 28.3. The molecule has 0 unspecified atom stereocenters. The van der Waals surface area contributed by atoms with Crippen LogP contribution < -0.4 is 14.2 Å². The van der Waals surface area contributed by atoms with Crippen LogP contribution >= 0.6 is 0 Å². The number of halogens is 6. The SMILES string of the molecule is CCOc1ccc(C(=O)Oc2ccc(C3CCC(c4ccc(OCC)c(F)c4F)CC3)c(F)c2F)c(F)c1F. The minimum atomic E-state index is -1.54. The van der Waals surface area contributed by atoms with E-state index in [-0.39, 0.29) is 36.0 Å². The molecule has 10 heteroatoms. The first kappa shape index (κ1) is 28.3. The highest BCUT2D eigenvalue weighted by Crippen LogP contribution is 2.43. The lowest BCUT2D eigenvalue weighted by atomic mass is 9.76. The highest BCUT2D eigenvalue weighted by Gasteiger charge is 2.30. The summed E-state index contributed by atoms with van der Waals surface area (Å²) in [6.07, 6.45) is 1.58. The molecule has 3 aromatic rings. The molecule has 0 aromatic heterocycles. The van der Waals surface area contributed by atoms with E-state index < -0.39 is 63.9 Å². The number of rotatable bonds is 8. The van der Waals surface area contributed by atoms with Gasteiger partial charge in [0.2, 0.25) is 17.5 Å². The Hall–Kier alpha value is -3.69. The molecule has 1 aliphatic carbocycles. The number of ether oxygens (including phenoxy) is 3. The van der Waals surface area contributed by atoms with Gasteiger partial charge in [0, 0.05) is 0 Å². The Bertz CT molecular complexity index is 1370. The van der Waals surface area contributed by atoms with Gasteiger partial charge >= 0.3 is 5.97 Å². The molecule has 1 aliphatic rings. The van der Waals surface area contributed by atoms with E-state index in [0.717, 1.165) is 18.2 Å². The zero-order valence-corrected chi connectivity index (χ0v) is 21.3. The summed E-state index contributed by atoms with van der Waals surface area (Å²) in [5, 5.41) is 0. The van der Waals surface area contributed by atoms with E-state index in [4.69, 9.17) is 14.2 Å². The van der Waals surface area contributed by atoms with Gasteiger partial charge in [-0.15, -0.1) is 0 Å². The fourth-order valence-electron chi connectivity index (χ4n) is 4.90. The van der Waals surface area contributed by atoms with Crippen LogP contribution in [-0.4, -0.2) is 19.2 Å². The Kier molecular flexibility index (Phi) is 8.72. The highest BCUT2D eigenvalue weighted by atomic mass is 19.2.